The van der Waals surface area contributed by atoms with E-state index in [0.717, 1.165) is 23.4 Å². The molecule has 6 nitrogen and oxygen atoms in total. The van der Waals surface area contributed by atoms with Crippen LogP contribution in [-0.4, -0.2) is 37.1 Å². The second-order valence-electron chi connectivity index (χ2n) is 7.84. The van der Waals surface area contributed by atoms with Crippen molar-refractivity contribution < 1.29 is 19.1 Å². The van der Waals surface area contributed by atoms with Crippen molar-refractivity contribution in [3.05, 3.63) is 52.6 Å². The maximum atomic E-state index is 13.1. The third kappa shape index (κ3) is 3.95. The third-order valence-electron chi connectivity index (χ3n) is 5.02. The first kappa shape index (κ1) is 19.3. The number of pyridine rings is 1. The van der Waals surface area contributed by atoms with Crippen molar-refractivity contribution in [3.63, 3.8) is 0 Å². The van der Waals surface area contributed by atoms with Crippen LogP contribution in [0.25, 0.3) is 0 Å². The van der Waals surface area contributed by atoms with Crippen molar-refractivity contribution in [2.45, 2.75) is 39.5 Å². The van der Waals surface area contributed by atoms with Crippen LogP contribution in [0.2, 0.25) is 0 Å². The molecular weight excluding hydrogens is 344 g/mol. The Bertz CT molecular complexity index is 809. The average molecular weight is 370 g/mol. The van der Waals surface area contributed by atoms with Crippen LogP contribution in [0.5, 0.6) is 0 Å². The van der Waals surface area contributed by atoms with E-state index in [-0.39, 0.29) is 17.8 Å². The number of allylic oxidation sites excluding steroid dienone is 3. The first-order chi connectivity index (χ1) is 12.8. The zero-order valence-electron chi connectivity index (χ0n) is 16.3. The molecule has 0 aromatic carbocycles. The molecule has 0 unspecified atom stereocenters. The Labute approximate surface area is 159 Å². The van der Waals surface area contributed by atoms with Crippen LogP contribution in [0, 0.1) is 5.41 Å². The molecule has 27 heavy (non-hydrogen) atoms. The van der Waals surface area contributed by atoms with E-state index in [1.54, 1.807) is 19.5 Å². The van der Waals surface area contributed by atoms with Gasteiger partial charge in [0.25, 0.3) is 0 Å². The number of carbonyl (C=O) groups is 2. The average Bonchev–Trinajstić information content (AvgIpc) is 2.60. The quantitative estimate of drug-likeness (QED) is 0.634. The van der Waals surface area contributed by atoms with Gasteiger partial charge in [0.2, 0.25) is 0 Å². The van der Waals surface area contributed by atoms with Crippen molar-refractivity contribution >= 4 is 11.8 Å². The summed E-state index contributed by atoms with van der Waals surface area (Å²) in [6.07, 6.45) is 4.58. The van der Waals surface area contributed by atoms with Crippen molar-refractivity contribution in [3.8, 4) is 0 Å². The van der Waals surface area contributed by atoms with Crippen LogP contribution in [-0.2, 0) is 19.1 Å². The normalized spacial score (nSPS) is 21.6. The van der Waals surface area contributed by atoms with Crippen LogP contribution < -0.4 is 5.32 Å². The molecule has 1 N–H and O–H groups in total. The number of nitrogens with one attached hydrogen (secondary N) is 1. The lowest BCUT2D eigenvalue weighted by molar-refractivity contribution is -0.140. The number of hydrogen-bond acceptors (Lipinski definition) is 6. The van der Waals surface area contributed by atoms with E-state index >= 15 is 0 Å². The molecule has 0 radical (unpaired) electrons. The van der Waals surface area contributed by atoms with Gasteiger partial charge in [-0.1, -0.05) is 13.8 Å². The molecule has 0 bridgehead atoms. The van der Waals surface area contributed by atoms with Crippen LogP contribution in [0.1, 0.15) is 45.1 Å². The van der Waals surface area contributed by atoms with Crippen molar-refractivity contribution in [2.75, 3.05) is 20.3 Å². The molecule has 0 fully saturated rings. The van der Waals surface area contributed by atoms with E-state index in [1.807, 2.05) is 19.1 Å². The monoisotopic (exact) mass is 370 g/mol. The number of ether oxygens (including phenoxy) is 2. The Morgan fingerprint density at radius 2 is 1.96 bits per heavy atom. The maximum Gasteiger partial charge on any atom is 0.336 e. The predicted octanol–water partition coefficient (Wildman–Crippen LogP) is 2.88. The van der Waals surface area contributed by atoms with Gasteiger partial charge in [-0.3, -0.25) is 9.78 Å². The van der Waals surface area contributed by atoms with Gasteiger partial charge < -0.3 is 14.8 Å². The fourth-order valence-corrected chi connectivity index (χ4v) is 3.89. The minimum atomic E-state index is -0.442. The highest BCUT2D eigenvalue weighted by atomic mass is 16.6. The van der Waals surface area contributed by atoms with Crippen LogP contribution >= 0.6 is 0 Å². The molecule has 1 aliphatic carbocycles. The number of nitrogens with zero attached hydrogens (tertiary/aromatic N) is 1. The van der Waals surface area contributed by atoms with E-state index in [2.05, 4.69) is 24.1 Å². The molecule has 0 saturated heterocycles. The van der Waals surface area contributed by atoms with E-state index in [9.17, 15) is 9.59 Å². The first-order valence-corrected chi connectivity index (χ1v) is 9.14. The Kier molecular flexibility index (Phi) is 5.46. The van der Waals surface area contributed by atoms with Gasteiger partial charge in [0.05, 0.1) is 12.2 Å². The van der Waals surface area contributed by atoms with Crippen molar-refractivity contribution in [2.24, 2.45) is 5.41 Å². The number of rotatable bonds is 5. The Morgan fingerprint density at radius 1 is 1.26 bits per heavy atom. The highest BCUT2D eigenvalue weighted by molar-refractivity contribution is 6.04. The van der Waals surface area contributed by atoms with E-state index < -0.39 is 11.9 Å². The Balaban J connectivity index is 2.06. The SMILES string of the molecule is COCCOC(=O)C1=C(C)NC2=C(C(=O)CC(C)(C)C2)[C@H]1c1ccncc1. The van der Waals surface area contributed by atoms with Gasteiger partial charge in [-0.05, 0) is 36.5 Å². The smallest absolute Gasteiger partial charge is 0.336 e. The Morgan fingerprint density at radius 3 is 2.63 bits per heavy atom. The summed E-state index contributed by atoms with van der Waals surface area (Å²) in [5, 5.41) is 3.32. The Hall–Kier alpha value is -2.47. The number of methoxy groups -OCH3 is 1. The van der Waals surface area contributed by atoms with Gasteiger partial charge in [0.15, 0.2) is 5.78 Å². The molecule has 1 aromatic rings. The summed E-state index contributed by atoms with van der Waals surface area (Å²) >= 11 is 0. The summed E-state index contributed by atoms with van der Waals surface area (Å²) in [5.74, 6) is -0.795. The summed E-state index contributed by atoms with van der Waals surface area (Å²) < 4.78 is 10.4. The molecule has 0 saturated carbocycles. The molecule has 2 aliphatic rings. The van der Waals surface area contributed by atoms with Gasteiger partial charge in [0, 0.05) is 48.8 Å². The molecule has 3 rings (SSSR count). The van der Waals surface area contributed by atoms with Gasteiger partial charge in [-0.15, -0.1) is 0 Å². The van der Waals surface area contributed by atoms with Crippen LogP contribution in [0.3, 0.4) is 0 Å². The largest absolute Gasteiger partial charge is 0.460 e. The lowest BCUT2D eigenvalue weighted by Gasteiger charge is -2.39. The molecule has 1 atom stereocenters. The molecule has 2 heterocycles. The summed E-state index contributed by atoms with van der Waals surface area (Å²) in [6, 6.07) is 3.70. The topological polar surface area (TPSA) is 77.5 Å². The minimum Gasteiger partial charge on any atom is -0.460 e. The second kappa shape index (κ2) is 7.64. The number of aromatic nitrogens is 1. The van der Waals surface area contributed by atoms with Crippen molar-refractivity contribution in [1.82, 2.24) is 10.3 Å². The number of hydrogen-bond donors (Lipinski definition) is 1. The van der Waals surface area contributed by atoms with Crippen LogP contribution in [0.15, 0.2) is 47.1 Å². The highest BCUT2D eigenvalue weighted by Crippen LogP contribution is 2.46. The van der Waals surface area contributed by atoms with Crippen LogP contribution in [0.4, 0.5) is 0 Å². The number of carbonyl (C=O) groups excluding carboxylic acids is 2. The van der Waals surface area contributed by atoms with Gasteiger partial charge in [-0.2, -0.15) is 0 Å². The molecular formula is C21H26N2O4. The maximum absolute atomic E-state index is 13.1. The lowest BCUT2D eigenvalue weighted by atomic mass is 9.69. The molecule has 1 aliphatic heterocycles. The number of Topliss-reactive ketones (excluding diaryl/α,β-unsaturated/α-hetero) is 1. The molecule has 144 valence electrons. The summed E-state index contributed by atoms with van der Waals surface area (Å²) in [4.78, 5) is 30.0. The van der Waals surface area contributed by atoms with Gasteiger partial charge in [-0.25, -0.2) is 4.79 Å². The lowest BCUT2D eigenvalue weighted by Crippen LogP contribution is -2.38. The fourth-order valence-electron chi connectivity index (χ4n) is 3.89. The van der Waals surface area contributed by atoms with E-state index in [1.165, 1.54) is 0 Å². The first-order valence-electron chi connectivity index (χ1n) is 9.14. The summed E-state index contributed by atoms with van der Waals surface area (Å²) in [6.45, 7) is 6.53. The fraction of sp³-hybridized carbons (Fsp3) is 0.476. The highest BCUT2D eigenvalue weighted by Gasteiger charge is 2.43. The standard InChI is InChI=1S/C21H26N2O4/c1-13-17(20(25)27-10-9-26-4)18(14-5-7-22-8-6-14)19-15(23-13)11-21(2,3)12-16(19)24/h5-8,18,23H,9-12H2,1-4H3/t18-/m0/s1. The number of dihydropyridines is 1. The third-order valence-corrected chi connectivity index (χ3v) is 5.02. The molecule has 1 aromatic heterocycles. The zero-order chi connectivity index (χ0) is 19.6. The molecule has 6 heteroatoms. The van der Waals surface area contributed by atoms with E-state index in [4.69, 9.17) is 9.47 Å². The van der Waals surface area contributed by atoms with E-state index in [0.29, 0.717) is 24.2 Å². The molecule has 0 amide bonds. The molecule has 0 spiro atoms. The number of ketones is 1. The van der Waals surface area contributed by atoms with Crippen molar-refractivity contribution in [1.29, 1.82) is 0 Å². The summed E-state index contributed by atoms with van der Waals surface area (Å²) in [5.41, 5.74) is 3.54. The predicted molar refractivity (Wildman–Crippen MR) is 101 cm³/mol. The second-order valence-corrected chi connectivity index (χ2v) is 7.84. The minimum absolute atomic E-state index is 0.0743. The summed E-state index contributed by atoms with van der Waals surface area (Å²) in [7, 11) is 1.56. The number of esters is 1. The zero-order valence-corrected chi connectivity index (χ0v) is 16.3. The van der Waals surface area contributed by atoms with Gasteiger partial charge in [0.1, 0.15) is 6.61 Å². The van der Waals surface area contributed by atoms with Gasteiger partial charge >= 0.3 is 5.97 Å².